The molecule has 11 heteroatoms. The van der Waals surface area contributed by atoms with Gasteiger partial charge in [0.15, 0.2) is 10.0 Å². The molecular weight excluding hydrogens is 335 g/mol. The molecule has 0 N–H and O–H groups in total. The number of rotatable bonds is 3. The topological polar surface area (TPSA) is 54.8 Å². The normalized spacial score (nSPS) is 11.7. The van der Waals surface area contributed by atoms with Gasteiger partial charge in [0.2, 0.25) is 10.4 Å². The number of anilines is 1. The van der Waals surface area contributed by atoms with Crippen LogP contribution in [-0.2, 0) is 6.18 Å². The Morgan fingerprint density at radius 3 is 2.50 bits per heavy atom. The molecule has 0 unspecified atom stereocenters. The summed E-state index contributed by atoms with van der Waals surface area (Å²) in [4.78, 5) is 8.64. The fourth-order valence-electron chi connectivity index (χ4n) is 1.11. The summed E-state index contributed by atoms with van der Waals surface area (Å²) in [6.07, 6.45) is -4.57. The third-order valence-corrected chi connectivity index (χ3v) is 4.17. The quantitative estimate of drug-likeness (QED) is 0.631. The Labute approximate surface area is 125 Å². The van der Waals surface area contributed by atoms with Crippen LogP contribution in [-0.4, -0.2) is 34.3 Å². The number of hydrogen-bond acceptors (Lipinski definition) is 7. The average Bonchev–Trinajstić information content (AvgIpc) is 2.75. The zero-order valence-electron chi connectivity index (χ0n) is 10.1. The lowest BCUT2D eigenvalue weighted by molar-refractivity contribution is -0.141. The van der Waals surface area contributed by atoms with Crippen LogP contribution in [0.4, 0.5) is 18.3 Å². The zero-order valence-corrected chi connectivity index (χ0v) is 12.5. The zero-order chi connectivity index (χ0) is 14.9. The van der Waals surface area contributed by atoms with Gasteiger partial charge in [-0.05, 0) is 23.4 Å². The lowest BCUT2D eigenvalue weighted by Gasteiger charge is -2.06. The van der Waals surface area contributed by atoms with Crippen molar-refractivity contribution in [2.75, 3.05) is 19.0 Å². The predicted molar refractivity (Wildman–Crippen MR) is 70.4 cm³/mol. The molecule has 0 aromatic carbocycles. The minimum Gasteiger partial charge on any atom is -0.353 e. The first-order valence-electron chi connectivity index (χ1n) is 5.06. The summed E-state index contributed by atoms with van der Waals surface area (Å²) in [5.41, 5.74) is -1.09. The summed E-state index contributed by atoms with van der Waals surface area (Å²) in [6.45, 7) is 0. The van der Waals surface area contributed by atoms with Crippen LogP contribution in [0.25, 0.3) is 0 Å². The minimum atomic E-state index is -4.57. The molecule has 2 aromatic rings. The van der Waals surface area contributed by atoms with Crippen LogP contribution < -0.4 is 4.90 Å². The van der Waals surface area contributed by atoms with Crippen molar-refractivity contribution in [3.8, 4) is 0 Å². The molecule has 2 rings (SSSR count). The Kier molecular flexibility index (Phi) is 4.35. The maximum Gasteiger partial charge on any atom is 0.433 e. The third kappa shape index (κ3) is 3.70. The number of hydrogen-bond donors (Lipinski definition) is 0. The molecule has 0 fully saturated rings. The second kappa shape index (κ2) is 5.70. The summed E-state index contributed by atoms with van der Waals surface area (Å²) >= 11 is 7.69. The summed E-state index contributed by atoms with van der Waals surface area (Å²) < 4.78 is 38.3. The SMILES string of the molecule is CN(C)c1nnc(Sc2cc(C(F)(F)F)nc(Cl)n2)s1. The average molecular weight is 342 g/mol. The highest BCUT2D eigenvalue weighted by Crippen LogP contribution is 2.35. The maximum atomic E-state index is 12.6. The van der Waals surface area contributed by atoms with E-state index in [2.05, 4.69) is 20.2 Å². The van der Waals surface area contributed by atoms with Gasteiger partial charge in [-0.2, -0.15) is 13.2 Å². The molecule has 0 amide bonds. The standard InChI is InChI=1S/C9H7ClF3N5S2/c1-18(2)7-16-17-8(20-7)19-5-3-4(9(11,12)13)14-6(10)15-5/h3H,1-2H3. The van der Waals surface area contributed by atoms with Crippen LogP contribution in [0.15, 0.2) is 15.4 Å². The molecule has 0 aliphatic carbocycles. The molecule has 0 saturated carbocycles. The van der Waals surface area contributed by atoms with Crippen LogP contribution in [0, 0.1) is 0 Å². The fourth-order valence-corrected chi connectivity index (χ4v) is 3.05. The van der Waals surface area contributed by atoms with Gasteiger partial charge < -0.3 is 4.90 Å². The van der Waals surface area contributed by atoms with Crippen LogP contribution >= 0.6 is 34.7 Å². The third-order valence-electron chi connectivity index (χ3n) is 1.94. The van der Waals surface area contributed by atoms with Gasteiger partial charge in [-0.25, -0.2) is 9.97 Å². The summed E-state index contributed by atoms with van der Waals surface area (Å²) in [7, 11) is 3.58. The van der Waals surface area contributed by atoms with Gasteiger partial charge in [0, 0.05) is 20.2 Å². The number of aromatic nitrogens is 4. The van der Waals surface area contributed by atoms with Gasteiger partial charge in [-0.15, -0.1) is 10.2 Å². The first-order valence-corrected chi connectivity index (χ1v) is 7.07. The molecule has 0 spiro atoms. The highest BCUT2D eigenvalue weighted by atomic mass is 35.5. The minimum absolute atomic E-state index is 0.0683. The van der Waals surface area contributed by atoms with Crippen molar-refractivity contribution in [3.05, 3.63) is 17.0 Å². The van der Waals surface area contributed by atoms with Crippen molar-refractivity contribution in [2.45, 2.75) is 15.5 Å². The molecule has 5 nitrogen and oxygen atoms in total. The molecule has 0 bridgehead atoms. The first-order chi connectivity index (χ1) is 9.25. The molecule has 0 saturated heterocycles. The summed E-state index contributed by atoms with van der Waals surface area (Å²) in [6, 6.07) is 0.827. The molecule has 0 atom stereocenters. The second-order valence-corrected chi connectivity index (χ2v) is 6.27. The van der Waals surface area contributed by atoms with E-state index < -0.39 is 17.2 Å². The van der Waals surface area contributed by atoms with Gasteiger partial charge >= 0.3 is 6.18 Å². The van der Waals surface area contributed by atoms with E-state index in [0.717, 1.165) is 17.8 Å². The molecule has 2 heterocycles. The Morgan fingerprint density at radius 1 is 1.25 bits per heavy atom. The van der Waals surface area contributed by atoms with E-state index in [1.165, 1.54) is 11.3 Å². The Bertz CT molecular complexity index is 616. The Hall–Kier alpha value is -1.13. The highest BCUT2D eigenvalue weighted by Gasteiger charge is 2.33. The summed E-state index contributed by atoms with van der Waals surface area (Å²) in [5.74, 6) is 0. The lowest BCUT2D eigenvalue weighted by atomic mass is 10.4. The van der Waals surface area contributed by atoms with Gasteiger partial charge in [-0.3, -0.25) is 0 Å². The van der Waals surface area contributed by atoms with Gasteiger partial charge in [0.25, 0.3) is 0 Å². The molecular formula is C9H7ClF3N5S2. The molecule has 0 radical (unpaired) electrons. The van der Waals surface area contributed by atoms with Gasteiger partial charge in [0.1, 0.15) is 5.03 Å². The smallest absolute Gasteiger partial charge is 0.353 e. The van der Waals surface area contributed by atoms with Crippen LogP contribution in [0.2, 0.25) is 5.28 Å². The fraction of sp³-hybridized carbons (Fsp3) is 0.333. The molecule has 20 heavy (non-hydrogen) atoms. The lowest BCUT2D eigenvalue weighted by Crippen LogP contribution is -2.09. The number of halogens is 4. The second-order valence-electron chi connectivity index (χ2n) is 3.71. The van der Waals surface area contributed by atoms with Crippen molar-refractivity contribution >= 4 is 39.8 Å². The van der Waals surface area contributed by atoms with E-state index in [-0.39, 0.29) is 5.03 Å². The molecule has 108 valence electrons. The van der Waals surface area contributed by atoms with E-state index in [1.807, 2.05) is 0 Å². The maximum absolute atomic E-state index is 12.6. The number of nitrogens with zero attached hydrogens (tertiary/aromatic N) is 5. The first kappa shape index (κ1) is 15.3. The van der Waals surface area contributed by atoms with Crippen molar-refractivity contribution in [3.63, 3.8) is 0 Å². The van der Waals surface area contributed by atoms with Gasteiger partial charge in [-0.1, -0.05) is 11.3 Å². The van der Waals surface area contributed by atoms with Crippen molar-refractivity contribution < 1.29 is 13.2 Å². The Balaban J connectivity index is 2.26. The molecule has 0 aliphatic rings. The van der Waals surface area contributed by atoms with E-state index >= 15 is 0 Å². The van der Waals surface area contributed by atoms with E-state index in [4.69, 9.17) is 11.6 Å². The predicted octanol–water partition coefficient (Wildman–Crippen LogP) is 3.22. The van der Waals surface area contributed by atoms with Crippen molar-refractivity contribution in [1.29, 1.82) is 0 Å². The van der Waals surface area contributed by atoms with Gasteiger partial charge in [0.05, 0.1) is 0 Å². The van der Waals surface area contributed by atoms with E-state index in [0.29, 0.717) is 9.47 Å². The monoisotopic (exact) mass is 341 g/mol. The van der Waals surface area contributed by atoms with E-state index in [1.54, 1.807) is 19.0 Å². The Morgan fingerprint density at radius 2 is 1.95 bits per heavy atom. The van der Waals surface area contributed by atoms with Crippen LogP contribution in [0.3, 0.4) is 0 Å². The number of alkyl halides is 3. The van der Waals surface area contributed by atoms with E-state index in [9.17, 15) is 13.2 Å². The highest BCUT2D eigenvalue weighted by molar-refractivity contribution is 8.01. The largest absolute Gasteiger partial charge is 0.433 e. The van der Waals surface area contributed by atoms with Crippen LogP contribution in [0.1, 0.15) is 5.69 Å². The van der Waals surface area contributed by atoms with Crippen LogP contribution in [0.5, 0.6) is 0 Å². The van der Waals surface area contributed by atoms with Crippen molar-refractivity contribution in [2.24, 2.45) is 0 Å². The molecule has 0 aliphatic heterocycles. The summed E-state index contributed by atoms with van der Waals surface area (Å²) in [5, 5.41) is 7.99. The molecule has 2 aromatic heterocycles. The van der Waals surface area contributed by atoms with Crippen molar-refractivity contribution in [1.82, 2.24) is 20.2 Å².